The quantitative estimate of drug-likeness (QED) is 0.575. The van der Waals surface area contributed by atoms with Crippen molar-refractivity contribution in [2.24, 2.45) is 5.73 Å². The Morgan fingerprint density at radius 3 is 2.60 bits per heavy atom. The Balaban J connectivity index is 2.48. The number of nitrogens with one attached hydrogen (secondary N) is 1. The minimum absolute atomic E-state index is 0.404. The van der Waals surface area contributed by atoms with Crippen LogP contribution in [-0.2, 0) is 0 Å². The summed E-state index contributed by atoms with van der Waals surface area (Å²) >= 11 is 0. The highest BCUT2D eigenvalue weighted by Gasteiger charge is 1.98. The molecule has 0 aliphatic carbocycles. The smallest absolute Gasteiger partial charge is 0.248 e. The number of benzene rings is 1. The largest absolute Gasteiger partial charge is 0.384 e. The zero-order valence-corrected chi connectivity index (χ0v) is 8.71. The van der Waals surface area contributed by atoms with Crippen molar-refractivity contribution in [3.8, 4) is 11.8 Å². The summed E-state index contributed by atoms with van der Waals surface area (Å²) in [6.07, 6.45) is 0.814. The third-order valence-electron chi connectivity index (χ3n) is 1.93. The van der Waals surface area contributed by atoms with E-state index in [1.807, 2.05) is 19.1 Å². The second-order valence-corrected chi connectivity index (χ2v) is 3.05. The van der Waals surface area contributed by atoms with Crippen LogP contribution in [0.2, 0.25) is 0 Å². The van der Waals surface area contributed by atoms with Gasteiger partial charge in [-0.3, -0.25) is 4.79 Å². The molecule has 0 bridgehead atoms. The van der Waals surface area contributed by atoms with Gasteiger partial charge in [0.25, 0.3) is 0 Å². The molecule has 0 aliphatic heterocycles. The van der Waals surface area contributed by atoms with Crippen LogP contribution >= 0.6 is 0 Å². The maximum atomic E-state index is 10.8. The molecule has 0 aliphatic rings. The maximum absolute atomic E-state index is 10.8. The van der Waals surface area contributed by atoms with Crippen LogP contribution in [0, 0.1) is 11.8 Å². The second kappa shape index (κ2) is 5.71. The van der Waals surface area contributed by atoms with E-state index in [-0.39, 0.29) is 0 Å². The van der Waals surface area contributed by atoms with Gasteiger partial charge in [0.1, 0.15) is 0 Å². The fourth-order valence-corrected chi connectivity index (χ4v) is 1.15. The van der Waals surface area contributed by atoms with Crippen molar-refractivity contribution in [2.45, 2.75) is 13.3 Å². The summed E-state index contributed by atoms with van der Waals surface area (Å²) in [5.74, 6) is 5.38. The van der Waals surface area contributed by atoms with Gasteiger partial charge in [-0.25, -0.2) is 0 Å². The van der Waals surface area contributed by atoms with Gasteiger partial charge in [-0.15, -0.1) is 11.8 Å². The molecule has 0 aromatic heterocycles. The molecule has 0 atom stereocenters. The SMILES string of the molecule is CC#CCCNc1ccc(C(N)=O)cc1. The van der Waals surface area contributed by atoms with Gasteiger partial charge in [-0.2, -0.15) is 0 Å². The predicted octanol–water partition coefficient (Wildman–Crippen LogP) is 1.61. The highest BCUT2D eigenvalue weighted by molar-refractivity contribution is 5.93. The summed E-state index contributed by atoms with van der Waals surface area (Å²) in [5, 5.41) is 3.19. The van der Waals surface area contributed by atoms with Crippen LogP contribution in [0.15, 0.2) is 24.3 Å². The van der Waals surface area contributed by atoms with Gasteiger partial charge in [0, 0.05) is 24.2 Å². The van der Waals surface area contributed by atoms with Crippen molar-refractivity contribution in [1.29, 1.82) is 0 Å². The number of amides is 1. The predicted molar refractivity (Wildman–Crippen MR) is 61.5 cm³/mol. The molecule has 0 saturated heterocycles. The van der Waals surface area contributed by atoms with Gasteiger partial charge in [0.05, 0.1) is 0 Å². The Morgan fingerprint density at radius 2 is 2.07 bits per heavy atom. The summed E-state index contributed by atoms with van der Waals surface area (Å²) in [7, 11) is 0. The van der Waals surface area contributed by atoms with E-state index in [2.05, 4.69) is 17.2 Å². The normalized spacial score (nSPS) is 8.87. The Bertz CT molecular complexity index is 384. The third kappa shape index (κ3) is 3.74. The van der Waals surface area contributed by atoms with E-state index in [9.17, 15) is 4.79 Å². The summed E-state index contributed by atoms with van der Waals surface area (Å²) in [6, 6.07) is 7.07. The van der Waals surface area contributed by atoms with Crippen LogP contribution in [0.3, 0.4) is 0 Å². The summed E-state index contributed by atoms with van der Waals surface area (Å²) < 4.78 is 0. The molecule has 0 spiro atoms. The molecule has 3 N–H and O–H groups in total. The van der Waals surface area contributed by atoms with Crippen LogP contribution in [0.4, 0.5) is 5.69 Å². The first-order valence-corrected chi connectivity index (χ1v) is 4.77. The van der Waals surface area contributed by atoms with Crippen molar-refractivity contribution in [3.63, 3.8) is 0 Å². The molecule has 1 rings (SSSR count). The highest BCUT2D eigenvalue weighted by Crippen LogP contribution is 2.08. The van der Waals surface area contributed by atoms with Gasteiger partial charge in [0.2, 0.25) is 5.91 Å². The molecule has 0 fully saturated rings. The molecule has 0 saturated carbocycles. The lowest BCUT2D eigenvalue weighted by atomic mass is 10.2. The molecule has 1 amide bonds. The summed E-state index contributed by atoms with van der Waals surface area (Å²) in [4.78, 5) is 10.8. The number of nitrogens with two attached hydrogens (primary N) is 1. The van der Waals surface area contributed by atoms with E-state index < -0.39 is 5.91 Å². The molecule has 0 heterocycles. The zero-order valence-electron chi connectivity index (χ0n) is 8.71. The molecule has 0 radical (unpaired) electrons. The molecule has 78 valence electrons. The average molecular weight is 202 g/mol. The lowest BCUT2D eigenvalue weighted by Crippen LogP contribution is -2.10. The minimum Gasteiger partial charge on any atom is -0.384 e. The van der Waals surface area contributed by atoms with Crippen LogP contribution in [0.1, 0.15) is 23.7 Å². The molecule has 0 unspecified atom stereocenters. The van der Waals surface area contributed by atoms with Crippen LogP contribution in [0.5, 0.6) is 0 Å². The van der Waals surface area contributed by atoms with E-state index in [4.69, 9.17) is 5.73 Å². The van der Waals surface area contributed by atoms with Crippen LogP contribution in [0.25, 0.3) is 0 Å². The lowest BCUT2D eigenvalue weighted by Gasteiger charge is -2.04. The molecule has 1 aromatic rings. The molecule has 15 heavy (non-hydrogen) atoms. The molecule has 3 heteroatoms. The zero-order chi connectivity index (χ0) is 11.1. The van der Waals surface area contributed by atoms with E-state index in [1.165, 1.54) is 0 Å². The van der Waals surface area contributed by atoms with E-state index in [0.717, 1.165) is 18.7 Å². The monoisotopic (exact) mass is 202 g/mol. The van der Waals surface area contributed by atoms with Gasteiger partial charge in [-0.1, -0.05) is 0 Å². The van der Waals surface area contributed by atoms with Crippen LogP contribution < -0.4 is 11.1 Å². The Morgan fingerprint density at radius 1 is 1.40 bits per heavy atom. The molecular formula is C12H14N2O. The van der Waals surface area contributed by atoms with Gasteiger partial charge < -0.3 is 11.1 Å². The number of carbonyl (C=O) groups excluding carboxylic acids is 1. The molecular weight excluding hydrogens is 188 g/mol. The third-order valence-corrected chi connectivity index (χ3v) is 1.93. The fourth-order valence-electron chi connectivity index (χ4n) is 1.15. The summed E-state index contributed by atoms with van der Waals surface area (Å²) in [5.41, 5.74) is 6.62. The first-order valence-electron chi connectivity index (χ1n) is 4.77. The van der Waals surface area contributed by atoms with Crippen molar-refractivity contribution < 1.29 is 4.79 Å². The van der Waals surface area contributed by atoms with Gasteiger partial charge in [0.15, 0.2) is 0 Å². The number of anilines is 1. The number of primary amides is 1. The standard InChI is InChI=1S/C12H14N2O/c1-2-3-4-9-14-11-7-5-10(6-8-11)12(13)15/h5-8,14H,4,9H2,1H3,(H2,13,15). The maximum Gasteiger partial charge on any atom is 0.248 e. The van der Waals surface area contributed by atoms with Crippen molar-refractivity contribution in [3.05, 3.63) is 29.8 Å². The van der Waals surface area contributed by atoms with Crippen molar-refractivity contribution >= 4 is 11.6 Å². The van der Waals surface area contributed by atoms with Crippen molar-refractivity contribution in [2.75, 3.05) is 11.9 Å². The van der Waals surface area contributed by atoms with Gasteiger partial charge in [-0.05, 0) is 31.2 Å². The Kier molecular flexibility index (Phi) is 4.24. The first kappa shape index (κ1) is 11.1. The minimum atomic E-state index is -0.404. The van der Waals surface area contributed by atoms with E-state index >= 15 is 0 Å². The highest BCUT2D eigenvalue weighted by atomic mass is 16.1. The number of rotatable bonds is 4. The summed E-state index contributed by atoms with van der Waals surface area (Å²) in [6.45, 7) is 2.62. The fraction of sp³-hybridized carbons (Fsp3) is 0.250. The first-order chi connectivity index (χ1) is 7.24. The number of carbonyl (C=O) groups is 1. The lowest BCUT2D eigenvalue weighted by molar-refractivity contribution is 0.100. The van der Waals surface area contributed by atoms with Crippen LogP contribution in [-0.4, -0.2) is 12.5 Å². The number of hydrogen-bond donors (Lipinski definition) is 2. The van der Waals surface area contributed by atoms with E-state index in [1.54, 1.807) is 12.1 Å². The Labute approximate surface area is 89.7 Å². The Hall–Kier alpha value is -1.95. The average Bonchev–Trinajstić information content (AvgIpc) is 2.25. The number of hydrogen-bond acceptors (Lipinski definition) is 2. The molecule has 3 nitrogen and oxygen atoms in total. The van der Waals surface area contributed by atoms with Crippen molar-refractivity contribution in [1.82, 2.24) is 0 Å². The van der Waals surface area contributed by atoms with Gasteiger partial charge >= 0.3 is 0 Å². The molecule has 1 aromatic carbocycles. The second-order valence-electron chi connectivity index (χ2n) is 3.05. The topological polar surface area (TPSA) is 55.1 Å². The van der Waals surface area contributed by atoms with E-state index in [0.29, 0.717) is 5.56 Å².